The lowest BCUT2D eigenvalue weighted by atomic mass is 9.86. The molecule has 0 radical (unpaired) electrons. The van der Waals surface area contributed by atoms with Crippen molar-refractivity contribution in [1.82, 2.24) is 9.55 Å². The molecule has 0 saturated heterocycles. The van der Waals surface area contributed by atoms with Gasteiger partial charge in [0.15, 0.2) is 5.82 Å². The lowest BCUT2D eigenvalue weighted by Crippen LogP contribution is -2.34. The van der Waals surface area contributed by atoms with Crippen LogP contribution in [0.5, 0.6) is 0 Å². The number of halogens is 1. The van der Waals surface area contributed by atoms with Crippen LogP contribution in [0.4, 0.5) is 4.39 Å². The molecule has 98 valence electrons. The first kappa shape index (κ1) is 13.0. The number of nitrogens with two attached hydrogens (primary N) is 1. The van der Waals surface area contributed by atoms with E-state index in [1.165, 1.54) is 6.07 Å². The fourth-order valence-electron chi connectivity index (χ4n) is 2.29. The van der Waals surface area contributed by atoms with E-state index < -0.39 is 0 Å². The number of imidazole rings is 1. The second-order valence-corrected chi connectivity index (χ2v) is 4.91. The van der Waals surface area contributed by atoms with E-state index in [4.69, 9.17) is 5.73 Å². The summed E-state index contributed by atoms with van der Waals surface area (Å²) in [6, 6.07) is 5.08. The Morgan fingerprint density at radius 1 is 1.39 bits per heavy atom. The van der Waals surface area contributed by atoms with E-state index in [2.05, 4.69) is 23.4 Å². The molecule has 18 heavy (non-hydrogen) atoms. The minimum absolute atomic E-state index is 0.207. The highest BCUT2D eigenvalue weighted by Crippen LogP contribution is 2.29. The summed E-state index contributed by atoms with van der Waals surface area (Å²) in [5.74, 6) is 0.617. The first-order chi connectivity index (χ1) is 8.57. The van der Waals surface area contributed by atoms with Crippen LogP contribution in [0, 0.1) is 5.82 Å². The molecular formula is C14H20FN3. The Hall–Kier alpha value is -1.42. The van der Waals surface area contributed by atoms with Crippen molar-refractivity contribution in [2.75, 3.05) is 6.54 Å². The maximum atomic E-state index is 13.8. The monoisotopic (exact) mass is 249 g/mol. The molecule has 0 aliphatic carbocycles. The molecule has 3 nitrogen and oxygen atoms in total. The smallest absolute Gasteiger partial charge is 0.151 e. The molecule has 0 aliphatic rings. The van der Waals surface area contributed by atoms with Gasteiger partial charge >= 0.3 is 0 Å². The van der Waals surface area contributed by atoms with E-state index in [1.807, 2.05) is 13.0 Å². The topological polar surface area (TPSA) is 43.8 Å². The van der Waals surface area contributed by atoms with E-state index in [9.17, 15) is 4.39 Å². The Morgan fingerprint density at radius 2 is 2.11 bits per heavy atom. The summed E-state index contributed by atoms with van der Waals surface area (Å²) >= 11 is 0. The van der Waals surface area contributed by atoms with E-state index in [-0.39, 0.29) is 11.2 Å². The summed E-state index contributed by atoms with van der Waals surface area (Å²) in [5.41, 5.74) is 6.97. The highest BCUT2D eigenvalue weighted by atomic mass is 19.1. The van der Waals surface area contributed by atoms with Crippen LogP contribution < -0.4 is 5.73 Å². The van der Waals surface area contributed by atoms with Gasteiger partial charge in [-0.05, 0) is 25.5 Å². The molecule has 1 heterocycles. The van der Waals surface area contributed by atoms with Crippen LogP contribution >= 0.6 is 0 Å². The average molecular weight is 249 g/mol. The van der Waals surface area contributed by atoms with Crippen LogP contribution in [0.25, 0.3) is 11.0 Å². The van der Waals surface area contributed by atoms with Gasteiger partial charge in [-0.25, -0.2) is 9.37 Å². The largest absolute Gasteiger partial charge is 0.329 e. The predicted octanol–water partition coefficient (Wildman–Crippen LogP) is 2.82. The van der Waals surface area contributed by atoms with Crippen molar-refractivity contribution >= 4 is 11.0 Å². The third-order valence-electron chi connectivity index (χ3n) is 3.82. The number of aromatic nitrogens is 2. The lowest BCUT2D eigenvalue weighted by Gasteiger charge is -2.26. The number of fused-ring (bicyclic) bond motifs is 1. The lowest BCUT2D eigenvalue weighted by molar-refractivity contribution is 0.420. The van der Waals surface area contributed by atoms with Gasteiger partial charge in [0, 0.05) is 18.5 Å². The van der Waals surface area contributed by atoms with Gasteiger partial charge in [-0.2, -0.15) is 0 Å². The minimum atomic E-state index is -0.267. The van der Waals surface area contributed by atoms with Gasteiger partial charge in [-0.15, -0.1) is 0 Å². The molecule has 0 bridgehead atoms. The van der Waals surface area contributed by atoms with Crippen LogP contribution in [-0.2, 0) is 12.0 Å². The van der Waals surface area contributed by atoms with Crippen molar-refractivity contribution in [3.05, 3.63) is 29.8 Å². The van der Waals surface area contributed by atoms with E-state index in [1.54, 1.807) is 6.07 Å². The highest BCUT2D eigenvalue weighted by molar-refractivity contribution is 5.77. The van der Waals surface area contributed by atoms with Crippen molar-refractivity contribution in [1.29, 1.82) is 0 Å². The Labute approximate surface area is 107 Å². The van der Waals surface area contributed by atoms with Crippen molar-refractivity contribution in [2.45, 2.75) is 39.2 Å². The summed E-state index contributed by atoms with van der Waals surface area (Å²) < 4.78 is 15.9. The molecule has 2 rings (SSSR count). The molecule has 0 aliphatic heterocycles. The molecule has 0 amide bonds. The van der Waals surface area contributed by atoms with Gasteiger partial charge < -0.3 is 10.3 Å². The quantitative estimate of drug-likeness (QED) is 0.905. The number of hydrogen-bond acceptors (Lipinski definition) is 2. The first-order valence-electron chi connectivity index (χ1n) is 6.42. The SMILES string of the molecule is CCn1c(C(C)(CC)CN)nc2c(F)cccc21. The molecule has 1 unspecified atom stereocenters. The summed E-state index contributed by atoms with van der Waals surface area (Å²) in [5, 5.41) is 0. The maximum Gasteiger partial charge on any atom is 0.151 e. The van der Waals surface area contributed by atoms with Gasteiger partial charge in [0.05, 0.1) is 5.52 Å². The van der Waals surface area contributed by atoms with Gasteiger partial charge in [0.25, 0.3) is 0 Å². The Morgan fingerprint density at radius 3 is 2.67 bits per heavy atom. The maximum absolute atomic E-state index is 13.8. The zero-order valence-corrected chi connectivity index (χ0v) is 11.2. The summed E-state index contributed by atoms with van der Waals surface area (Å²) in [7, 11) is 0. The fourth-order valence-corrected chi connectivity index (χ4v) is 2.29. The van der Waals surface area contributed by atoms with E-state index >= 15 is 0 Å². The molecule has 1 atom stereocenters. The molecule has 0 spiro atoms. The van der Waals surface area contributed by atoms with Crippen LogP contribution in [0.3, 0.4) is 0 Å². The van der Waals surface area contributed by atoms with Crippen LogP contribution in [0.2, 0.25) is 0 Å². The highest BCUT2D eigenvalue weighted by Gasteiger charge is 2.29. The minimum Gasteiger partial charge on any atom is -0.329 e. The van der Waals surface area contributed by atoms with Gasteiger partial charge in [0.2, 0.25) is 0 Å². The number of para-hydroxylation sites is 1. The number of rotatable bonds is 4. The van der Waals surface area contributed by atoms with Gasteiger partial charge in [0.1, 0.15) is 11.3 Å². The third kappa shape index (κ3) is 1.81. The Kier molecular flexibility index (Phi) is 3.39. The predicted molar refractivity (Wildman–Crippen MR) is 72.1 cm³/mol. The summed E-state index contributed by atoms with van der Waals surface area (Å²) in [6.07, 6.45) is 0.883. The Balaban J connectivity index is 2.75. The molecule has 1 aromatic heterocycles. The number of nitrogens with zero attached hydrogens (tertiary/aromatic N) is 2. The fraction of sp³-hybridized carbons (Fsp3) is 0.500. The third-order valence-corrected chi connectivity index (χ3v) is 3.82. The molecule has 0 saturated carbocycles. The van der Waals surface area contributed by atoms with Crippen molar-refractivity contribution in [2.24, 2.45) is 5.73 Å². The first-order valence-corrected chi connectivity index (χ1v) is 6.42. The molecular weight excluding hydrogens is 229 g/mol. The van der Waals surface area contributed by atoms with E-state index in [0.717, 1.165) is 24.3 Å². The second kappa shape index (κ2) is 4.69. The molecule has 2 aromatic rings. The summed E-state index contributed by atoms with van der Waals surface area (Å²) in [4.78, 5) is 4.50. The number of benzene rings is 1. The zero-order chi connectivity index (χ0) is 13.3. The zero-order valence-electron chi connectivity index (χ0n) is 11.2. The van der Waals surface area contributed by atoms with Crippen molar-refractivity contribution < 1.29 is 4.39 Å². The molecule has 0 fully saturated rings. The van der Waals surface area contributed by atoms with Crippen molar-refractivity contribution in [3.63, 3.8) is 0 Å². The second-order valence-electron chi connectivity index (χ2n) is 4.91. The van der Waals surface area contributed by atoms with Gasteiger partial charge in [-0.3, -0.25) is 0 Å². The molecule has 2 N–H and O–H groups in total. The number of aryl methyl sites for hydroxylation is 1. The normalized spacial score (nSPS) is 14.9. The van der Waals surface area contributed by atoms with Crippen LogP contribution in [0.15, 0.2) is 18.2 Å². The number of hydrogen-bond donors (Lipinski definition) is 1. The van der Waals surface area contributed by atoms with Gasteiger partial charge in [-0.1, -0.05) is 19.9 Å². The molecule has 4 heteroatoms. The summed E-state index contributed by atoms with van der Waals surface area (Å²) in [6.45, 7) is 7.49. The van der Waals surface area contributed by atoms with E-state index in [0.29, 0.717) is 12.1 Å². The van der Waals surface area contributed by atoms with Crippen LogP contribution in [-0.4, -0.2) is 16.1 Å². The molecule has 1 aromatic carbocycles. The van der Waals surface area contributed by atoms with Crippen LogP contribution in [0.1, 0.15) is 33.0 Å². The average Bonchev–Trinajstić information content (AvgIpc) is 2.78. The standard InChI is InChI=1S/C14H20FN3/c1-4-14(3,9-16)13-17-12-10(15)7-6-8-11(12)18(13)5-2/h6-8H,4-5,9,16H2,1-3H3. The Bertz CT molecular complexity index is 555. The van der Waals surface area contributed by atoms with Crippen molar-refractivity contribution in [3.8, 4) is 0 Å².